The summed E-state index contributed by atoms with van der Waals surface area (Å²) in [4.78, 5) is 27.7. The second kappa shape index (κ2) is 9.08. The highest BCUT2D eigenvalue weighted by atomic mass is 16.2. The van der Waals surface area contributed by atoms with Crippen LogP contribution in [0.25, 0.3) is 11.3 Å². The number of amides is 1. The van der Waals surface area contributed by atoms with E-state index in [1.807, 2.05) is 54.3 Å². The quantitative estimate of drug-likeness (QED) is 0.677. The maximum absolute atomic E-state index is 13.2. The van der Waals surface area contributed by atoms with E-state index in [-0.39, 0.29) is 11.9 Å². The lowest BCUT2D eigenvalue weighted by Gasteiger charge is -2.23. The lowest BCUT2D eigenvalue weighted by molar-refractivity contribution is 0.0740. The van der Waals surface area contributed by atoms with Gasteiger partial charge in [0.25, 0.3) is 5.91 Å². The van der Waals surface area contributed by atoms with Crippen LogP contribution < -0.4 is 5.73 Å². The van der Waals surface area contributed by atoms with Crippen LogP contribution in [-0.2, 0) is 6.54 Å². The van der Waals surface area contributed by atoms with Gasteiger partial charge in [0.05, 0.1) is 5.69 Å². The van der Waals surface area contributed by atoms with Crippen molar-refractivity contribution >= 4 is 11.9 Å². The van der Waals surface area contributed by atoms with Crippen LogP contribution in [0.1, 0.15) is 41.4 Å². The van der Waals surface area contributed by atoms with E-state index in [1.54, 1.807) is 12.4 Å². The number of aryl methyl sites for hydroxylation is 1. The number of anilines is 1. The lowest BCUT2D eigenvalue weighted by atomic mass is 10.1. The number of nitrogen functional groups attached to an aromatic ring is 1. The van der Waals surface area contributed by atoms with E-state index in [2.05, 4.69) is 21.9 Å². The number of benzene rings is 1. The molecule has 0 aliphatic carbocycles. The summed E-state index contributed by atoms with van der Waals surface area (Å²) < 4.78 is 0. The molecule has 1 amide bonds. The van der Waals surface area contributed by atoms with E-state index in [9.17, 15) is 4.79 Å². The topological polar surface area (TPSA) is 85.0 Å². The van der Waals surface area contributed by atoms with Crippen molar-refractivity contribution in [3.63, 3.8) is 0 Å². The number of aromatic nitrogens is 3. The lowest BCUT2D eigenvalue weighted by Crippen LogP contribution is -2.31. The summed E-state index contributed by atoms with van der Waals surface area (Å²) in [7, 11) is 0. The van der Waals surface area contributed by atoms with Gasteiger partial charge in [-0.3, -0.25) is 9.78 Å². The van der Waals surface area contributed by atoms with Gasteiger partial charge in [0, 0.05) is 42.3 Å². The summed E-state index contributed by atoms with van der Waals surface area (Å²) in [6.45, 7) is 5.23. The van der Waals surface area contributed by atoms with Crippen molar-refractivity contribution in [3.8, 4) is 11.3 Å². The van der Waals surface area contributed by atoms with Crippen LogP contribution >= 0.6 is 0 Å². The van der Waals surface area contributed by atoms with Gasteiger partial charge in [-0.15, -0.1) is 0 Å². The van der Waals surface area contributed by atoms with Gasteiger partial charge in [0.2, 0.25) is 5.95 Å². The molecule has 0 saturated carbocycles. The molecule has 0 aliphatic rings. The molecule has 0 atom stereocenters. The molecular formula is C22H25N5O. The summed E-state index contributed by atoms with van der Waals surface area (Å²) in [5.41, 5.74) is 9.78. The summed E-state index contributed by atoms with van der Waals surface area (Å²) in [5, 5.41) is 0. The summed E-state index contributed by atoms with van der Waals surface area (Å²) in [6.07, 6.45) is 5.51. The fourth-order valence-electron chi connectivity index (χ4n) is 3.05. The molecule has 0 bridgehead atoms. The number of nitrogens with two attached hydrogens (primary N) is 1. The number of carbonyl (C=O) groups is 1. The maximum atomic E-state index is 13.2. The van der Waals surface area contributed by atoms with Crippen molar-refractivity contribution in [2.75, 3.05) is 12.3 Å². The van der Waals surface area contributed by atoms with Gasteiger partial charge in [-0.25, -0.2) is 9.97 Å². The average Bonchev–Trinajstić information content (AvgIpc) is 2.71. The smallest absolute Gasteiger partial charge is 0.254 e. The highest BCUT2D eigenvalue weighted by molar-refractivity contribution is 5.95. The molecule has 0 aliphatic heterocycles. The van der Waals surface area contributed by atoms with Gasteiger partial charge in [0.1, 0.15) is 0 Å². The Morgan fingerprint density at radius 3 is 2.71 bits per heavy atom. The van der Waals surface area contributed by atoms with Crippen LogP contribution in [0.3, 0.4) is 0 Å². The molecular weight excluding hydrogens is 350 g/mol. The molecule has 0 fully saturated rings. The number of nitrogens with zero attached hydrogens (tertiary/aromatic N) is 4. The molecule has 3 aromatic rings. The Bertz CT molecular complexity index is 922. The van der Waals surface area contributed by atoms with Crippen LogP contribution in [-0.4, -0.2) is 32.3 Å². The van der Waals surface area contributed by atoms with Crippen LogP contribution in [0, 0.1) is 6.92 Å². The Labute approximate surface area is 165 Å². The molecule has 0 saturated heterocycles. The van der Waals surface area contributed by atoms with Crippen molar-refractivity contribution in [1.29, 1.82) is 0 Å². The predicted octanol–water partition coefficient (Wildman–Crippen LogP) is 3.87. The number of carbonyl (C=O) groups excluding carboxylic acids is 1. The van der Waals surface area contributed by atoms with Crippen LogP contribution in [0.15, 0.2) is 54.9 Å². The van der Waals surface area contributed by atoms with Gasteiger partial charge in [-0.2, -0.15) is 0 Å². The maximum Gasteiger partial charge on any atom is 0.254 e. The van der Waals surface area contributed by atoms with Crippen molar-refractivity contribution in [1.82, 2.24) is 19.9 Å². The fraction of sp³-hybridized carbons (Fsp3) is 0.273. The molecule has 28 heavy (non-hydrogen) atoms. The van der Waals surface area contributed by atoms with Crippen LogP contribution in [0.5, 0.6) is 0 Å². The van der Waals surface area contributed by atoms with Gasteiger partial charge in [0.15, 0.2) is 0 Å². The molecule has 3 rings (SSSR count). The van der Waals surface area contributed by atoms with Crippen molar-refractivity contribution in [3.05, 3.63) is 71.7 Å². The molecule has 0 radical (unpaired) electrons. The first-order valence-corrected chi connectivity index (χ1v) is 9.46. The third kappa shape index (κ3) is 4.91. The third-order valence-electron chi connectivity index (χ3n) is 4.44. The molecule has 6 nitrogen and oxygen atoms in total. The molecule has 144 valence electrons. The molecule has 2 aromatic heterocycles. The zero-order valence-corrected chi connectivity index (χ0v) is 16.3. The monoisotopic (exact) mass is 375 g/mol. The number of hydrogen-bond acceptors (Lipinski definition) is 5. The first-order valence-electron chi connectivity index (χ1n) is 9.46. The molecule has 1 aromatic carbocycles. The van der Waals surface area contributed by atoms with Gasteiger partial charge in [-0.05, 0) is 43.2 Å². The number of unbranched alkanes of at least 4 members (excludes halogenated alkanes) is 1. The first kappa shape index (κ1) is 19.5. The van der Waals surface area contributed by atoms with Crippen molar-refractivity contribution in [2.45, 2.75) is 33.2 Å². The van der Waals surface area contributed by atoms with Crippen molar-refractivity contribution < 1.29 is 4.79 Å². The first-order chi connectivity index (χ1) is 13.6. The molecule has 2 N–H and O–H groups in total. The number of rotatable bonds is 7. The van der Waals surface area contributed by atoms with E-state index in [0.717, 1.165) is 29.7 Å². The Kier molecular flexibility index (Phi) is 6.32. The molecule has 0 unspecified atom stereocenters. The van der Waals surface area contributed by atoms with Gasteiger partial charge in [-0.1, -0.05) is 31.5 Å². The summed E-state index contributed by atoms with van der Waals surface area (Å²) in [5.74, 6) is 0.228. The Balaban J connectivity index is 1.88. The highest BCUT2D eigenvalue weighted by Crippen LogP contribution is 2.21. The highest BCUT2D eigenvalue weighted by Gasteiger charge is 2.17. The minimum Gasteiger partial charge on any atom is -0.368 e. The molecule has 2 heterocycles. The standard InChI is InChI=1S/C22H25N5O/c1-3-4-11-27(15-17-7-6-10-24-14-17)21(28)19-9-5-8-18(13-19)20-12-16(2)25-22(23)26-20/h5-10,12-14H,3-4,11,15H2,1-2H3,(H2,23,25,26). The van der Waals surface area contributed by atoms with Crippen molar-refractivity contribution in [2.24, 2.45) is 0 Å². The van der Waals surface area contributed by atoms with Crippen LogP contribution in [0.4, 0.5) is 5.95 Å². The second-order valence-electron chi connectivity index (χ2n) is 6.78. The third-order valence-corrected chi connectivity index (χ3v) is 4.44. The second-order valence-corrected chi connectivity index (χ2v) is 6.78. The average molecular weight is 375 g/mol. The van der Waals surface area contributed by atoms with E-state index < -0.39 is 0 Å². The minimum absolute atomic E-state index is 0.00194. The Hall–Kier alpha value is -3.28. The summed E-state index contributed by atoms with van der Waals surface area (Å²) >= 11 is 0. The van der Waals surface area contributed by atoms with E-state index in [1.165, 1.54) is 0 Å². The fourth-order valence-corrected chi connectivity index (χ4v) is 3.05. The largest absolute Gasteiger partial charge is 0.368 e. The van der Waals surface area contributed by atoms with E-state index in [4.69, 9.17) is 5.73 Å². The van der Waals surface area contributed by atoms with Gasteiger partial charge < -0.3 is 10.6 Å². The number of pyridine rings is 1. The molecule has 0 spiro atoms. The Morgan fingerprint density at radius 2 is 2.00 bits per heavy atom. The zero-order chi connectivity index (χ0) is 19.9. The van der Waals surface area contributed by atoms with Crippen LogP contribution in [0.2, 0.25) is 0 Å². The summed E-state index contributed by atoms with van der Waals surface area (Å²) in [6, 6.07) is 13.2. The van der Waals surface area contributed by atoms with E-state index in [0.29, 0.717) is 24.3 Å². The Morgan fingerprint density at radius 1 is 1.14 bits per heavy atom. The minimum atomic E-state index is -0.00194. The predicted molar refractivity (Wildman–Crippen MR) is 111 cm³/mol. The SMILES string of the molecule is CCCCN(Cc1cccnc1)C(=O)c1cccc(-c2cc(C)nc(N)n2)c1. The van der Waals surface area contributed by atoms with E-state index >= 15 is 0 Å². The molecule has 6 heteroatoms. The normalized spacial score (nSPS) is 10.6. The van der Waals surface area contributed by atoms with Gasteiger partial charge >= 0.3 is 0 Å². The number of hydrogen-bond donors (Lipinski definition) is 1. The zero-order valence-electron chi connectivity index (χ0n) is 16.3.